The minimum atomic E-state index is -3.97. The van der Waals surface area contributed by atoms with Crippen molar-refractivity contribution in [2.24, 2.45) is 28.6 Å². The lowest BCUT2D eigenvalue weighted by molar-refractivity contribution is -0.190. The number of aliphatic hydroxyl groups is 1. The molecule has 3 fully saturated rings. The third-order valence-corrected chi connectivity index (χ3v) is 8.96. The molecule has 0 heterocycles. The van der Waals surface area contributed by atoms with Gasteiger partial charge < -0.3 is 5.11 Å². The summed E-state index contributed by atoms with van der Waals surface area (Å²) in [5, 5.41) is 11.0. The van der Waals surface area contributed by atoms with E-state index in [0.29, 0.717) is 0 Å². The van der Waals surface area contributed by atoms with Gasteiger partial charge in [-0.2, -0.15) is 8.42 Å². The molecule has 0 saturated heterocycles. The average molecular weight is 405 g/mol. The maximum absolute atomic E-state index is 12.9. The van der Waals surface area contributed by atoms with Crippen LogP contribution in [0.15, 0.2) is 40.8 Å². The highest BCUT2D eigenvalue weighted by Gasteiger charge is 2.73. The van der Waals surface area contributed by atoms with E-state index in [1.54, 1.807) is 18.2 Å². The number of fused-ring (bicyclic) bond motifs is 4. The molecule has 6 heteroatoms. The van der Waals surface area contributed by atoms with Gasteiger partial charge >= 0.3 is 0 Å². The van der Waals surface area contributed by atoms with Gasteiger partial charge in [-0.05, 0) is 49.3 Å². The van der Waals surface area contributed by atoms with Gasteiger partial charge in [-0.1, -0.05) is 44.0 Å². The Kier molecular flexibility index (Phi) is 4.24. The summed E-state index contributed by atoms with van der Waals surface area (Å²) in [6, 6.07) is 6.55. The summed E-state index contributed by atoms with van der Waals surface area (Å²) in [5.74, 6) is -0.218. The Labute approximate surface area is 166 Å². The monoisotopic (exact) mass is 404 g/mol. The van der Waals surface area contributed by atoms with Gasteiger partial charge in [0.05, 0.1) is 17.1 Å². The number of aryl methyl sites for hydroxylation is 1. The standard InChI is InChI=1S/C22H28O5S/c1-12-6-8-14(9-7-12)28(25,26)27-17-11-16(24)22(5)18-13(2)10-15(23)19(22)20(18)21(17,3)4/h6-10,16-20,24H,11H2,1-5H3/t16-,17-,18+,19-,20+,22-/m1/s1. The number of hydrogen-bond acceptors (Lipinski definition) is 5. The Morgan fingerprint density at radius 2 is 1.68 bits per heavy atom. The summed E-state index contributed by atoms with van der Waals surface area (Å²) in [5.41, 5.74) is 0.819. The fourth-order valence-corrected chi connectivity index (χ4v) is 7.24. The number of aliphatic hydroxyl groups excluding tert-OH is 1. The molecule has 6 atom stereocenters. The van der Waals surface area contributed by atoms with Gasteiger partial charge in [-0.3, -0.25) is 8.98 Å². The first-order valence-corrected chi connectivity index (χ1v) is 11.2. The second-order valence-corrected chi connectivity index (χ2v) is 11.1. The lowest BCUT2D eigenvalue weighted by atomic mass is 9.37. The molecule has 0 spiro atoms. The van der Waals surface area contributed by atoms with Crippen molar-refractivity contribution in [1.82, 2.24) is 0 Å². The predicted octanol–water partition coefficient (Wildman–Crippen LogP) is 3.26. The molecule has 1 N–H and O–H groups in total. The summed E-state index contributed by atoms with van der Waals surface area (Å²) >= 11 is 0. The van der Waals surface area contributed by atoms with Crippen LogP contribution in [0.3, 0.4) is 0 Å². The summed E-state index contributed by atoms with van der Waals surface area (Å²) in [6.45, 7) is 9.73. The van der Waals surface area contributed by atoms with Crippen molar-refractivity contribution in [3.05, 3.63) is 41.5 Å². The van der Waals surface area contributed by atoms with E-state index in [4.69, 9.17) is 4.18 Å². The van der Waals surface area contributed by atoms with Crippen LogP contribution >= 0.6 is 0 Å². The molecule has 0 unspecified atom stereocenters. The van der Waals surface area contributed by atoms with E-state index in [-0.39, 0.29) is 34.9 Å². The third-order valence-electron chi connectivity index (χ3n) is 7.62. The van der Waals surface area contributed by atoms with Gasteiger partial charge in [-0.25, -0.2) is 0 Å². The first-order chi connectivity index (χ1) is 12.9. The van der Waals surface area contributed by atoms with Crippen molar-refractivity contribution in [2.45, 2.75) is 58.1 Å². The molecule has 1 aromatic carbocycles. The van der Waals surface area contributed by atoms with E-state index < -0.39 is 33.2 Å². The summed E-state index contributed by atoms with van der Waals surface area (Å²) in [6.07, 6.45) is 0.386. The smallest absolute Gasteiger partial charge is 0.297 e. The van der Waals surface area contributed by atoms with Crippen LogP contribution in [0, 0.1) is 35.5 Å². The molecule has 28 heavy (non-hydrogen) atoms. The Morgan fingerprint density at radius 3 is 2.25 bits per heavy atom. The molecular weight excluding hydrogens is 376 g/mol. The molecule has 6 rings (SSSR count). The molecule has 5 aliphatic rings. The lowest BCUT2D eigenvalue weighted by Crippen LogP contribution is -2.67. The Balaban J connectivity index is 1.72. The number of allylic oxidation sites excluding steroid dienone is 2. The van der Waals surface area contributed by atoms with Crippen LogP contribution in [0.25, 0.3) is 0 Å². The quantitative estimate of drug-likeness (QED) is 0.782. The van der Waals surface area contributed by atoms with Crippen molar-refractivity contribution < 1.29 is 22.5 Å². The largest absolute Gasteiger partial charge is 0.392 e. The summed E-state index contributed by atoms with van der Waals surface area (Å²) in [7, 11) is -3.97. The van der Waals surface area contributed by atoms with Crippen LogP contribution in [-0.2, 0) is 19.1 Å². The number of carbonyl (C=O) groups excluding carboxylic acids is 1. The first-order valence-electron chi connectivity index (χ1n) is 9.80. The number of ketones is 1. The Hall–Kier alpha value is -1.50. The zero-order valence-electron chi connectivity index (χ0n) is 17.0. The topological polar surface area (TPSA) is 80.7 Å². The summed E-state index contributed by atoms with van der Waals surface area (Å²) in [4.78, 5) is 12.9. The maximum Gasteiger partial charge on any atom is 0.297 e. The molecule has 3 saturated carbocycles. The highest BCUT2D eigenvalue weighted by Crippen LogP contribution is 2.71. The molecule has 152 valence electrons. The Morgan fingerprint density at radius 1 is 1.07 bits per heavy atom. The van der Waals surface area contributed by atoms with Crippen molar-refractivity contribution in [2.75, 3.05) is 0 Å². The van der Waals surface area contributed by atoms with E-state index in [1.807, 2.05) is 34.6 Å². The van der Waals surface area contributed by atoms with Gasteiger partial charge in [0, 0.05) is 17.8 Å². The summed E-state index contributed by atoms with van der Waals surface area (Å²) < 4.78 is 31.6. The van der Waals surface area contributed by atoms with E-state index in [0.717, 1.165) is 11.1 Å². The van der Waals surface area contributed by atoms with Crippen LogP contribution in [-0.4, -0.2) is 31.5 Å². The molecule has 4 bridgehead atoms. The number of rotatable bonds is 3. The minimum absolute atomic E-state index is 0.0367. The van der Waals surface area contributed by atoms with Crippen LogP contribution < -0.4 is 0 Å². The van der Waals surface area contributed by atoms with Gasteiger partial charge in [0.25, 0.3) is 10.1 Å². The third kappa shape index (κ3) is 2.50. The second kappa shape index (κ2) is 6.00. The maximum atomic E-state index is 12.9. The van der Waals surface area contributed by atoms with Crippen molar-refractivity contribution in [3.63, 3.8) is 0 Å². The second-order valence-electron chi connectivity index (χ2n) is 9.56. The predicted molar refractivity (Wildman–Crippen MR) is 105 cm³/mol. The average Bonchev–Trinajstić information content (AvgIpc) is 2.67. The molecular formula is C22H28O5S. The number of benzene rings is 1. The van der Waals surface area contributed by atoms with Crippen molar-refractivity contribution in [3.8, 4) is 0 Å². The first kappa shape index (κ1) is 19.8. The lowest BCUT2D eigenvalue weighted by Gasteiger charge is -2.65. The fraction of sp³-hybridized carbons (Fsp3) is 0.591. The highest BCUT2D eigenvalue weighted by atomic mass is 32.2. The van der Waals surface area contributed by atoms with Crippen molar-refractivity contribution >= 4 is 15.9 Å². The number of carbonyl (C=O) groups is 1. The molecule has 1 aromatic rings. The van der Waals surface area contributed by atoms with Crippen LogP contribution in [0.2, 0.25) is 0 Å². The van der Waals surface area contributed by atoms with Gasteiger partial charge in [0.2, 0.25) is 0 Å². The Bertz CT molecular complexity index is 959. The molecule has 0 aliphatic heterocycles. The van der Waals surface area contributed by atoms with Gasteiger partial charge in [0.1, 0.15) is 0 Å². The van der Waals surface area contributed by atoms with Crippen LogP contribution in [0.5, 0.6) is 0 Å². The highest BCUT2D eigenvalue weighted by molar-refractivity contribution is 7.86. The van der Waals surface area contributed by atoms with Crippen LogP contribution in [0.1, 0.15) is 39.7 Å². The van der Waals surface area contributed by atoms with Gasteiger partial charge in [0.15, 0.2) is 5.78 Å². The molecule has 5 aliphatic carbocycles. The SMILES string of the molecule is CC1=CC(=O)[C@@H]2[C@@H]3[C@H]1[C@@]2(C)[C@H](O)C[C@@H](OS(=O)(=O)c1ccc(C)cc1)C3(C)C. The van der Waals surface area contributed by atoms with Crippen LogP contribution in [0.4, 0.5) is 0 Å². The van der Waals surface area contributed by atoms with E-state index >= 15 is 0 Å². The van der Waals surface area contributed by atoms with Crippen molar-refractivity contribution in [1.29, 1.82) is 0 Å². The zero-order valence-corrected chi connectivity index (χ0v) is 17.8. The number of hydrogen-bond donors (Lipinski definition) is 1. The molecule has 0 radical (unpaired) electrons. The van der Waals surface area contributed by atoms with E-state index in [9.17, 15) is 18.3 Å². The molecule has 5 nitrogen and oxygen atoms in total. The fourth-order valence-electron chi connectivity index (χ4n) is 6.03. The molecule has 0 aromatic heterocycles. The van der Waals surface area contributed by atoms with E-state index in [1.165, 1.54) is 12.1 Å². The normalized spacial score (nSPS) is 39.0. The zero-order chi connectivity index (χ0) is 20.6. The molecule has 0 amide bonds. The van der Waals surface area contributed by atoms with Gasteiger partial charge in [-0.15, -0.1) is 0 Å². The van der Waals surface area contributed by atoms with E-state index in [2.05, 4.69) is 0 Å². The minimum Gasteiger partial charge on any atom is -0.392 e.